The molecule has 0 radical (unpaired) electrons. The molecule has 0 unspecified atom stereocenters. The second-order valence-corrected chi connectivity index (χ2v) is 3.98. The Labute approximate surface area is 101 Å². The normalized spacial score (nSPS) is 10.5. The van der Waals surface area contributed by atoms with Gasteiger partial charge < -0.3 is 15.0 Å². The van der Waals surface area contributed by atoms with Crippen LogP contribution in [0.4, 0.5) is 5.95 Å². The van der Waals surface area contributed by atoms with Crippen LogP contribution in [-0.4, -0.2) is 16.7 Å². The number of nitrogens with zero attached hydrogens (tertiary/aromatic N) is 2. The number of aryl methyl sites for hydroxylation is 2. The fraction of sp³-hybridized carbons (Fsp3) is 0.308. The van der Waals surface area contributed by atoms with Gasteiger partial charge in [-0.1, -0.05) is 18.2 Å². The van der Waals surface area contributed by atoms with Crippen LogP contribution in [0.25, 0.3) is 0 Å². The number of anilines is 1. The van der Waals surface area contributed by atoms with E-state index in [-0.39, 0.29) is 0 Å². The lowest BCUT2D eigenvalue weighted by molar-refractivity contribution is 0.409. The van der Waals surface area contributed by atoms with Crippen molar-refractivity contribution >= 4 is 5.95 Å². The lowest BCUT2D eigenvalue weighted by Crippen LogP contribution is -2.03. The highest BCUT2D eigenvalue weighted by atomic mass is 16.5. The van der Waals surface area contributed by atoms with Crippen LogP contribution in [0.3, 0.4) is 0 Å². The molecule has 0 saturated carbocycles. The van der Waals surface area contributed by atoms with Crippen LogP contribution in [-0.2, 0) is 19.9 Å². The molecule has 0 bridgehead atoms. The SMILES string of the molecule is COc1ccccc1CCc1cnc(N)n1C. The van der Waals surface area contributed by atoms with Crippen molar-refractivity contribution in [2.24, 2.45) is 7.05 Å². The second kappa shape index (κ2) is 4.91. The maximum atomic E-state index is 5.69. The van der Waals surface area contributed by atoms with Crippen molar-refractivity contribution in [1.29, 1.82) is 0 Å². The molecule has 0 saturated heterocycles. The first kappa shape index (κ1) is 11.5. The van der Waals surface area contributed by atoms with Crippen molar-refractivity contribution in [2.75, 3.05) is 12.8 Å². The Kier molecular flexibility index (Phi) is 3.32. The summed E-state index contributed by atoms with van der Waals surface area (Å²) < 4.78 is 7.23. The minimum atomic E-state index is 0.556. The number of nitrogen functional groups attached to an aromatic ring is 1. The average molecular weight is 231 g/mol. The molecule has 4 heteroatoms. The van der Waals surface area contributed by atoms with E-state index in [0.717, 1.165) is 24.3 Å². The summed E-state index contributed by atoms with van der Waals surface area (Å²) in [5.74, 6) is 1.49. The summed E-state index contributed by atoms with van der Waals surface area (Å²) in [4.78, 5) is 4.08. The molecular weight excluding hydrogens is 214 g/mol. The molecule has 90 valence electrons. The fourth-order valence-electron chi connectivity index (χ4n) is 1.87. The fourth-order valence-corrected chi connectivity index (χ4v) is 1.87. The quantitative estimate of drug-likeness (QED) is 0.873. The smallest absolute Gasteiger partial charge is 0.200 e. The highest BCUT2D eigenvalue weighted by Crippen LogP contribution is 2.19. The summed E-state index contributed by atoms with van der Waals surface area (Å²) >= 11 is 0. The van der Waals surface area contributed by atoms with Crippen molar-refractivity contribution in [3.8, 4) is 5.75 Å². The van der Waals surface area contributed by atoms with Crippen LogP contribution < -0.4 is 10.5 Å². The second-order valence-electron chi connectivity index (χ2n) is 3.98. The number of hydrogen-bond acceptors (Lipinski definition) is 3. The lowest BCUT2D eigenvalue weighted by Gasteiger charge is -2.08. The number of rotatable bonds is 4. The van der Waals surface area contributed by atoms with E-state index in [1.165, 1.54) is 5.56 Å². The molecule has 4 nitrogen and oxygen atoms in total. The highest BCUT2D eigenvalue weighted by molar-refractivity contribution is 5.34. The number of methoxy groups -OCH3 is 1. The molecule has 1 heterocycles. The standard InChI is InChI=1S/C13H17N3O/c1-16-11(9-15-13(16)14)8-7-10-5-3-4-6-12(10)17-2/h3-6,9H,7-8H2,1-2H3,(H2,14,15). The molecule has 0 aliphatic rings. The number of ether oxygens (including phenoxy) is 1. The van der Waals surface area contributed by atoms with E-state index in [2.05, 4.69) is 11.1 Å². The first-order chi connectivity index (χ1) is 8.22. The minimum absolute atomic E-state index is 0.556. The number of hydrogen-bond donors (Lipinski definition) is 1. The third kappa shape index (κ3) is 2.41. The number of aromatic nitrogens is 2. The Morgan fingerprint density at radius 1 is 1.29 bits per heavy atom. The van der Waals surface area contributed by atoms with Gasteiger partial charge >= 0.3 is 0 Å². The summed E-state index contributed by atoms with van der Waals surface area (Å²) in [6.07, 6.45) is 3.65. The van der Waals surface area contributed by atoms with Gasteiger partial charge in [0.15, 0.2) is 5.95 Å². The summed E-state index contributed by atoms with van der Waals surface area (Å²) in [5.41, 5.74) is 8.03. The third-order valence-corrected chi connectivity index (χ3v) is 2.96. The molecule has 17 heavy (non-hydrogen) atoms. The maximum absolute atomic E-state index is 5.69. The molecule has 0 amide bonds. The topological polar surface area (TPSA) is 53.1 Å². The van der Waals surface area contributed by atoms with E-state index < -0.39 is 0 Å². The van der Waals surface area contributed by atoms with E-state index in [0.29, 0.717) is 5.95 Å². The molecule has 0 atom stereocenters. The Morgan fingerprint density at radius 3 is 2.71 bits per heavy atom. The number of imidazole rings is 1. The monoisotopic (exact) mass is 231 g/mol. The Balaban J connectivity index is 2.10. The van der Waals surface area contributed by atoms with Gasteiger partial charge in [0.05, 0.1) is 13.3 Å². The Hall–Kier alpha value is -1.97. The molecule has 2 aromatic rings. The minimum Gasteiger partial charge on any atom is -0.496 e. The summed E-state index contributed by atoms with van der Waals surface area (Å²) in [6, 6.07) is 8.06. The summed E-state index contributed by atoms with van der Waals surface area (Å²) in [5, 5.41) is 0. The van der Waals surface area contributed by atoms with Gasteiger partial charge in [0.25, 0.3) is 0 Å². The third-order valence-electron chi connectivity index (χ3n) is 2.96. The van der Waals surface area contributed by atoms with Gasteiger partial charge in [-0.15, -0.1) is 0 Å². The number of benzene rings is 1. The molecule has 1 aromatic carbocycles. The maximum Gasteiger partial charge on any atom is 0.200 e. The van der Waals surface area contributed by atoms with Crippen molar-refractivity contribution in [3.63, 3.8) is 0 Å². The zero-order valence-electron chi connectivity index (χ0n) is 10.2. The van der Waals surface area contributed by atoms with Crippen molar-refractivity contribution in [1.82, 2.24) is 9.55 Å². The van der Waals surface area contributed by atoms with E-state index in [1.807, 2.05) is 36.0 Å². The molecular formula is C13H17N3O. The van der Waals surface area contributed by atoms with Crippen molar-refractivity contribution < 1.29 is 4.74 Å². The van der Waals surface area contributed by atoms with Crippen LogP contribution in [0.15, 0.2) is 30.5 Å². The van der Waals surface area contributed by atoms with Gasteiger partial charge in [-0.2, -0.15) is 0 Å². The molecule has 2 rings (SSSR count). The number of para-hydroxylation sites is 1. The Bertz CT molecular complexity index is 505. The van der Waals surface area contributed by atoms with E-state index in [1.54, 1.807) is 7.11 Å². The average Bonchev–Trinajstić information content (AvgIpc) is 2.68. The first-order valence-corrected chi connectivity index (χ1v) is 5.60. The van der Waals surface area contributed by atoms with Crippen molar-refractivity contribution in [2.45, 2.75) is 12.8 Å². The van der Waals surface area contributed by atoms with E-state index in [4.69, 9.17) is 10.5 Å². The highest BCUT2D eigenvalue weighted by Gasteiger charge is 2.06. The zero-order chi connectivity index (χ0) is 12.3. The van der Waals surface area contributed by atoms with Crippen LogP contribution in [0.5, 0.6) is 5.75 Å². The lowest BCUT2D eigenvalue weighted by atomic mass is 10.1. The van der Waals surface area contributed by atoms with Crippen molar-refractivity contribution in [3.05, 3.63) is 41.7 Å². The summed E-state index contributed by atoms with van der Waals surface area (Å²) in [6.45, 7) is 0. The van der Waals surface area contributed by atoms with E-state index >= 15 is 0 Å². The predicted octanol–water partition coefficient (Wildman–Crippen LogP) is 1.80. The van der Waals surface area contributed by atoms with Gasteiger partial charge in [0.1, 0.15) is 5.75 Å². The molecule has 0 aliphatic heterocycles. The zero-order valence-corrected chi connectivity index (χ0v) is 10.2. The van der Waals surface area contributed by atoms with Gasteiger partial charge in [-0.3, -0.25) is 0 Å². The van der Waals surface area contributed by atoms with Gasteiger partial charge in [-0.25, -0.2) is 4.98 Å². The van der Waals surface area contributed by atoms with E-state index in [9.17, 15) is 0 Å². The van der Waals surface area contributed by atoms with Gasteiger partial charge in [0.2, 0.25) is 0 Å². The number of nitrogens with two attached hydrogens (primary N) is 1. The van der Waals surface area contributed by atoms with Crippen LogP contribution in [0.1, 0.15) is 11.3 Å². The van der Waals surface area contributed by atoms with Gasteiger partial charge in [-0.05, 0) is 24.5 Å². The summed E-state index contributed by atoms with van der Waals surface area (Å²) in [7, 11) is 3.63. The van der Waals surface area contributed by atoms with Crippen LogP contribution in [0, 0.1) is 0 Å². The molecule has 0 spiro atoms. The molecule has 1 aromatic heterocycles. The predicted molar refractivity (Wildman–Crippen MR) is 68.0 cm³/mol. The largest absolute Gasteiger partial charge is 0.496 e. The van der Waals surface area contributed by atoms with Crippen LogP contribution in [0.2, 0.25) is 0 Å². The molecule has 0 aliphatic carbocycles. The van der Waals surface area contributed by atoms with Crippen LogP contribution >= 0.6 is 0 Å². The Morgan fingerprint density at radius 2 is 2.06 bits per heavy atom. The first-order valence-electron chi connectivity index (χ1n) is 5.60. The molecule has 2 N–H and O–H groups in total. The van der Waals surface area contributed by atoms with Gasteiger partial charge in [0, 0.05) is 12.7 Å². The molecule has 0 fully saturated rings.